The molecule has 1 aliphatic rings. The Bertz CT molecular complexity index is 1690. The fraction of sp³-hybridized carbons (Fsp3) is 0.154. The molecule has 1 unspecified atom stereocenters. The molecule has 0 aliphatic heterocycles. The van der Waals surface area contributed by atoms with Gasteiger partial charge in [-0.3, -0.25) is 5.32 Å². The molecule has 1 atom stereocenters. The van der Waals surface area contributed by atoms with Crippen LogP contribution in [0.25, 0.3) is 28.2 Å². The van der Waals surface area contributed by atoms with Crippen LogP contribution in [0.4, 0.5) is 10.5 Å². The number of rotatable bonds is 5. The van der Waals surface area contributed by atoms with E-state index in [0.717, 1.165) is 5.56 Å². The standard InChI is InChI=1S/C26H21ClN8O4/c1-39-25(36)30-19-5-2-15(3-6-19)24-28-12-22(31-24)26(37)9-8-16-10-17(13-35(38)23(16)26)20-11-18(27)4-7-21(20)34-14-29-32-33-34/h2-7,10-14,37H,8-9H2,1H3,(H,28,31)(H,30,36). The Balaban J connectivity index is 1.33. The van der Waals surface area contributed by atoms with E-state index in [4.69, 9.17) is 11.6 Å². The van der Waals surface area contributed by atoms with Gasteiger partial charge in [0, 0.05) is 33.0 Å². The number of hydrogen-bond acceptors (Lipinski definition) is 8. The summed E-state index contributed by atoms with van der Waals surface area (Å²) in [6, 6.07) is 14.1. The Labute approximate surface area is 226 Å². The van der Waals surface area contributed by atoms with Crippen LogP contribution in [0.5, 0.6) is 0 Å². The number of halogens is 1. The van der Waals surface area contributed by atoms with Gasteiger partial charge in [0.25, 0.3) is 0 Å². The van der Waals surface area contributed by atoms with Crippen LogP contribution in [0.2, 0.25) is 5.02 Å². The second-order valence-electron chi connectivity index (χ2n) is 9.04. The molecule has 3 aromatic heterocycles. The van der Waals surface area contributed by atoms with Gasteiger partial charge < -0.3 is 20.0 Å². The Kier molecular flexibility index (Phi) is 5.97. The van der Waals surface area contributed by atoms with E-state index in [1.807, 2.05) is 6.07 Å². The maximum Gasteiger partial charge on any atom is 0.411 e. The summed E-state index contributed by atoms with van der Waals surface area (Å²) in [6.45, 7) is 0. The number of aromatic nitrogens is 7. The van der Waals surface area contributed by atoms with E-state index in [1.165, 1.54) is 30.5 Å². The number of anilines is 1. The molecule has 0 saturated carbocycles. The fourth-order valence-corrected chi connectivity index (χ4v) is 5.05. The second kappa shape index (κ2) is 9.49. The van der Waals surface area contributed by atoms with Gasteiger partial charge in [-0.2, -0.15) is 9.41 Å². The van der Waals surface area contributed by atoms with Crippen molar-refractivity contribution in [2.75, 3.05) is 12.4 Å². The lowest BCUT2D eigenvalue weighted by Crippen LogP contribution is -2.41. The number of amides is 1. The largest absolute Gasteiger partial charge is 0.618 e. The number of carbonyl (C=O) groups is 1. The van der Waals surface area contributed by atoms with Crippen LogP contribution in [0.15, 0.2) is 67.3 Å². The summed E-state index contributed by atoms with van der Waals surface area (Å²) in [6.07, 6.45) is 4.62. The van der Waals surface area contributed by atoms with Gasteiger partial charge >= 0.3 is 6.09 Å². The number of nitrogens with one attached hydrogen (secondary N) is 2. The molecule has 1 amide bonds. The summed E-state index contributed by atoms with van der Waals surface area (Å²) in [5.41, 5.74) is 3.05. The number of aliphatic hydroxyl groups is 1. The first-order valence-corrected chi connectivity index (χ1v) is 12.3. The number of imidazole rings is 1. The highest BCUT2D eigenvalue weighted by Gasteiger charge is 2.47. The summed E-state index contributed by atoms with van der Waals surface area (Å²) in [5, 5.41) is 39.6. The Morgan fingerprint density at radius 1 is 1.23 bits per heavy atom. The summed E-state index contributed by atoms with van der Waals surface area (Å²) >= 11 is 6.28. The van der Waals surface area contributed by atoms with Crippen LogP contribution in [0.1, 0.15) is 23.4 Å². The number of benzene rings is 2. The van der Waals surface area contributed by atoms with Crippen LogP contribution in [-0.4, -0.2) is 48.5 Å². The maximum atomic E-state index is 13.4. The van der Waals surface area contributed by atoms with Gasteiger partial charge in [0.15, 0.2) is 11.8 Å². The normalized spacial score (nSPS) is 16.2. The zero-order valence-electron chi connectivity index (χ0n) is 20.5. The molecule has 0 spiro atoms. The molecule has 3 N–H and O–H groups in total. The molecule has 1 aliphatic carbocycles. The van der Waals surface area contributed by atoms with Gasteiger partial charge in [-0.1, -0.05) is 11.6 Å². The third-order valence-electron chi connectivity index (χ3n) is 6.74. The molecule has 0 fully saturated rings. The minimum atomic E-state index is -1.56. The molecule has 196 valence electrons. The topological polar surface area (TPSA) is 158 Å². The first-order valence-electron chi connectivity index (χ1n) is 11.9. The summed E-state index contributed by atoms with van der Waals surface area (Å²) < 4.78 is 6.80. The molecular formula is C26H21ClN8O4. The van der Waals surface area contributed by atoms with E-state index < -0.39 is 11.7 Å². The van der Waals surface area contributed by atoms with Crippen molar-refractivity contribution in [2.45, 2.75) is 18.4 Å². The number of aryl methyl sites for hydroxylation is 1. The third kappa shape index (κ3) is 4.35. The average molecular weight is 545 g/mol. The lowest BCUT2D eigenvalue weighted by Gasteiger charge is -2.21. The van der Waals surface area contributed by atoms with E-state index in [2.05, 4.69) is 35.5 Å². The fourth-order valence-electron chi connectivity index (χ4n) is 4.88. The number of aromatic amines is 1. The second-order valence-corrected chi connectivity index (χ2v) is 9.48. The van der Waals surface area contributed by atoms with E-state index >= 15 is 0 Å². The summed E-state index contributed by atoms with van der Waals surface area (Å²) in [7, 11) is 1.29. The number of methoxy groups -OCH3 is 1. The molecule has 39 heavy (non-hydrogen) atoms. The number of pyridine rings is 1. The molecule has 0 bridgehead atoms. The van der Waals surface area contributed by atoms with Gasteiger partial charge in [-0.15, -0.1) is 5.10 Å². The number of ether oxygens (including phenoxy) is 1. The van der Waals surface area contributed by atoms with Crippen molar-refractivity contribution in [1.29, 1.82) is 0 Å². The molecular weight excluding hydrogens is 524 g/mol. The van der Waals surface area contributed by atoms with Crippen LogP contribution in [-0.2, 0) is 16.8 Å². The van der Waals surface area contributed by atoms with E-state index in [9.17, 15) is 15.1 Å². The summed E-state index contributed by atoms with van der Waals surface area (Å²) in [5.74, 6) is 0.510. The molecule has 12 nitrogen and oxygen atoms in total. The number of fused-ring (bicyclic) bond motifs is 1. The maximum absolute atomic E-state index is 13.4. The number of carbonyl (C=O) groups excluding carboxylic acids is 1. The zero-order valence-corrected chi connectivity index (χ0v) is 21.3. The van der Waals surface area contributed by atoms with E-state index in [-0.39, 0.29) is 5.69 Å². The van der Waals surface area contributed by atoms with Gasteiger partial charge in [0.05, 0.1) is 24.7 Å². The monoisotopic (exact) mass is 544 g/mol. The van der Waals surface area contributed by atoms with Crippen molar-refractivity contribution in [1.82, 2.24) is 30.2 Å². The van der Waals surface area contributed by atoms with Crippen molar-refractivity contribution in [3.63, 3.8) is 0 Å². The van der Waals surface area contributed by atoms with Gasteiger partial charge in [0.2, 0.25) is 5.69 Å². The lowest BCUT2D eigenvalue weighted by atomic mass is 9.96. The minimum Gasteiger partial charge on any atom is -0.618 e. The smallest absolute Gasteiger partial charge is 0.411 e. The average Bonchev–Trinajstić information content (AvgIpc) is 3.70. The molecule has 13 heteroatoms. The lowest BCUT2D eigenvalue weighted by molar-refractivity contribution is -0.620. The quantitative estimate of drug-likeness (QED) is 0.224. The van der Waals surface area contributed by atoms with Crippen LogP contribution >= 0.6 is 11.6 Å². The van der Waals surface area contributed by atoms with Gasteiger partial charge in [-0.25, -0.2) is 9.78 Å². The van der Waals surface area contributed by atoms with Gasteiger partial charge in [-0.05, 0) is 71.8 Å². The van der Waals surface area contributed by atoms with E-state index in [1.54, 1.807) is 42.5 Å². The van der Waals surface area contributed by atoms with Crippen LogP contribution in [0.3, 0.4) is 0 Å². The summed E-state index contributed by atoms with van der Waals surface area (Å²) in [4.78, 5) is 19.0. The van der Waals surface area contributed by atoms with Crippen molar-refractivity contribution >= 4 is 23.4 Å². The highest BCUT2D eigenvalue weighted by molar-refractivity contribution is 6.31. The predicted octanol–water partition coefficient (Wildman–Crippen LogP) is 3.37. The molecule has 0 saturated heterocycles. The molecule has 5 aromatic rings. The Morgan fingerprint density at radius 3 is 2.79 bits per heavy atom. The highest BCUT2D eigenvalue weighted by atomic mass is 35.5. The number of nitrogens with zero attached hydrogens (tertiary/aromatic N) is 6. The van der Waals surface area contributed by atoms with E-state index in [0.29, 0.717) is 62.2 Å². The zero-order chi connectivity index (χ0) is 27.1. The minimum absolute atomic E-state index is 0.241. The first kappa shape index (κ1) is 24.5. The van der Waals surface area contributed by atoms with Crippen molar-refractivity contribution in [2.24, 2.45) is 0 Å². The predicted molar refractivity (Wildman–Crippen MR) is 140 cm³/mol. The van der Waals surface area contributed by atoms with Crippen molar-refractivity contribution in [3.05, 3.63) is 94.4 Å². The number of hydrogen-bond donors (Lipinski definition) is 3. The molecule has 6 rings (SSSR count). The molecule has 0 radical (unpaired) electrons. The Hall–Kier alpha value is -4.81. The highest BCUT2D eigenvalue weighted by Crippen LogP contribution is 2.41. The number of H-pyrrole nitrogens is 1. The third-order valence-corrected chi connectivity index (χ3v) is 6.97. The van der Waals surface area contributed by atoms with Crippen LogP contribution in [0, 0.1) is 5.21 Å². The van der Waals surface area contributed by atoms with Gasteiger partial charge in [0.1, 0.15) is 12.2 Å². The van der Waals surface area contributed by atoms with Crippen molar-refractivity contribution in [3.8, 4) is 28.2 Å². The Morgan fingerprint density at radius 2 is 2.05 bits per heavy atom. The SMILES string of the molecule is COC(=O)Nc1ccc(-c2ncc(C3(O)CCc4cc(-c5cc(Cl)ccc5-n5cnnn5)c[n+]([O-])c43)[nH]2)cc1. The van der Waals surface area contributed by atoms with Crippen LogP contribution < -0.4 is 10.0 Å². The number of tetrazole rings is 1. The molecule has 3 heterocycles. The van der Waals surface area contributed by atoms with Crippen molar-refractivity contribution < 1.29 is 19.4 Å². The first-order chi connectivity index (χ1) is 18.9. The molecule has 2 aromatic carbocycles.